The molecule has 0 saturated heterocycles. The molecule has 8 heteroatoms. The summed E-state index contributed by atoms with van der Waals surface area (Å²) in [6, 6.07) is 12.3. The van der Waals surface area contributed by atoms with Gasteiger partial charge < -0.3 is 19.3 Å². The number of benzene rings is 2. The van der Waals surface area contributed by atoms with Gasteiger partial charge in [0.2, 0.25) is 11.7 Å². The number of carbonyl (C=O) groups excluding carboxylic acids is 1. The largest absolute Gasteiger partial charge is 0.489 e. The third-order valence-electron chi connectivity index (χ3n) is 4.76. The second-order valence-electron chi connectivity index (χ2n) is 7.35. The third kappa shape index (κ3) is 4.26. The molecule has 0 bridgehead atoms. The molecule has 1 aliphatic heterocycles. The summed E-state index contributed by atoms with van der Waals surface area (Å²) in [5.41, 5.74) is 1.22. The van der Waals surface area contributed by atoms with Gasteiger partial charge in [0.25, 0.3) is 5.91 Å². The maximum Gasteiger partial charge on any atom is 0.252 e. The summed E-state index contributed by atoms with van der Waals surface area (Å²) in [7, 11) is 0. The minimum absolute atomic E-state index is 0.0221. The Morgan fingerprint density at radius 2 is 1.90 bits per heavy atom. The van der Waals surface area contributed by atoms with Gasteiger partial charge in [0.05, 0.1) is 18.2 Å². The number of aromatic nitrogens is 2. The molecule has 156 valence electrons. The molecule has 1 amide bonds. The number of halogens is 1. The predicted octanol–water partition coefficient (Wildman–Crippen LogP) is 4.68. The lowest BCUT2D eigenvalue weighted by molar-refractivity contribution is 0.0913. The highest BCUT2D eigenvalue weighted by Crippen LogP contribution is 2.38. The highest BCUT2D eigenvalue weighted by Gasteiger charge is 2.26. The molecular weight excluding hydrogens is 406 g/mol. The minimum atomic E-state index is -0.461. The Bertz CT molecular complexity index is 1040. The van der Waals surface area contributed by atoms with Crippen molar-refractivity contribution in [3.8, 4) is 22.9 Å². The maximum atomic E-state index is 13.0. The summed E-state index contributed by atoms with van der Waals surface area (Å²) in [6.45, 7) is 4.97. The van der Waals surface area contributed by atoms with Gasteiger partial charge in [0.15, 0.2) is 11.5 Å². The van der Waals surface area contributed by atoms with Crippen LogP contribution in [0.25, 0.3) is 11.4 Å². The van der Waals surface area contributed by atoms with E-state index >= 15 is 0 Å². The standard InChI is InChI=1S/C22H22ClN3O4/c1-13(2)18(22-25-20(26-30-22)14-7-4-3-5-8-14)24-21(27)15-11-16(23)19-17(12-15)28-9-6-10-29-19/h3-5,7-8,11-13,18H,6,9-10H2,1-2H3,(H,24,27)/t18-/m0/s1. The summed E-state index contributed by atoms with van der Waals surface area (Å²) in [6.07, 6.45) is 0.753. The first-order valence-electron chi connectivity index (χ1n) is 9.82. The van der Waals surface area contributed by atoms with Crippen LogP contribution < -0.4 is 14.8 Å². The van der Waals surface area contributed by atoms with Crippen LogP contribution in [0.5, 0.6) is 11.5 Å². The van der Waals surface area contributed by atoms with E-state index < -0.39 is 6.04 Å². The number of hydrogen-bond donors (Lipinski definition) is 1. The summed E-state index contributed by atoms with van der Waals surface area (Å²) in [5.74, 6) is 1.47. The molecule has 0 aliphatic carbocycles. The third-order valence-corrected chi connectivity index (χ3v) is 5.04. The molecule has 1 aromatic heterocycles. The second-order valence-corrected chi connectivity index (χ2v) is 7.76. The average Bonchev–Trinajstić information content (AvgIpc) is 3.10. The van der Waals surface area contributed by atoms with Crippen LogP contribution in [0.15, 0.2) is 47.0 Å². The number of rotatable bonds is 5. The first-order chi connectivity index (χ1) is 14.5. The number of nitrogens with one attached hydrogen (secondary N) is 1. The van der Waals surface area contributed by atoms with Gasteiger partial charge in [-0.1, -0.05) is 60.9 Å². The number of hydrogen-bond acceptors (Lipinski definition) is 6. The van der Waals surface area contributed by atoms with E-state index in [1.165, 1.54) is 0 Å². The van der Waals surface area contributed by atoms with Crippen molar-refractivity contribution in [1.82, 2.24) is 15.5 Å². The van der Waals surface area contributed by atoms with Crippen molar-refractivity contribution in [3.05, 3.63) is 58.9 Å². The lowest BCUT2D eigenvalue weighted by Crippen LogP contribution is -2.32. The first-order valence-corrected chi connectivity index (χ1v) is 10.2. The monoisotopic (exact) mass is 427 g/mol. The molecule has 1 N–H and O–H groups in total. The summed E-state index contributed by atoms with van der Waals surface area (Å²) in [4.78, 5) is 17.5. The molecule has 30 heavy (non-hydrogen) atoms. The van der Waals surface area contributed by atoms with E-state index in [-0.39, 0.29) is 11.8 Å². The highest BCUT2D eigenvalue weighted by molar-refractivity contribution is 6.32. The number of fused-ring (bicyclic) bond motifs is 1. The van der Waals surface area contributed by atoms with Crippen LogP contribution in [0.2, 0.25) is 5.02 Å². The van der Waals surface area contributed by atoms with Crippen LogP contribution in [0.3, 0.4) is 0 Å². The van der Waals surface area contributed by atoms with Gasteiger partial charge in [-0.2, -0.15) is 4.98 Å². The van der Waals surface area contributed by atoms with Crippen molar-refractivity contribution in [3.63, 3.8) is 0 Å². The Morgan fingerprint density at radius 1 is 1.13 bits per heavy atom. The van der Waals surface area contributed by atoms with E-state index in [1.54, 1.807) is 12.1 Å². The van der Waals surface area contributed by atoms with Crippen molar-refractivity contribution in [2.45, 2.75) is 26.3 Å². The highest BCUT2D eigenvalue weighted by atomic mass is 35.5. The van der Waals surface area contributed by atoms with Crippen molar-refractivity contribution in [2.75, 3.05) is 13.2 Å². The quantitative estimate of drug-likeness (QED) is 0.636. The van der Waals surface area contributed by atoms with Crippen LogP contribution in [0.1, 0.15) is 42.6 Å². The van der Waals surface area contributed by atoms with Crippen molar-refractivity contribution >= 4 is 17.5 Å². The van der Waals surface area contributed by atoms with Crippen LogP contribution in [-0.4, -0.2) is 29.3 Å². The minimum Gasteiger partial charge on any atom is -0.489 e. The van der Waals surface area contributed by atoms with Gasteiger partial charge in [-0.3, -0.25) is 4.79 Å². The van der Waals surface area contributed by atoms with Gasteiger partial charge in [0, 0.05) is 17.5 Å². The van der Waals surface area contributed by atoms with E-state index in [9.17, 15) is 4.79 Å². The van der Waals surface area contributed by atoms with Gasteiger partial charge >= 0.3 is 0 Å². The Balaban J connectivity index is 1.57. The molecule has 2 heterocycles. The normalized spacial score (nSPS) is 14.3. The molecule has 0 fully saturated rings. The van der Waals surface area contributed by atoms with Crippen LogP contribution in [-0.2, 0) is 0 Å². The maximum absolute atomic E-state index is 13.0. The van der Waals surface area contributed by atoms with Crippen molar-refractivity contribution < 1.29 is 18.8 Å². The topological polar surface area (TPSA) is 86.5 Å². The molecular formula is C22H22ClN3O4. The molecule has 0 saturated carbocycles. The fourth-order valence-electron chi connectivity index (χ4n) is 3.17. The number of carbonyl (C=O) groups is 1. The summed E-state index contributed by atoms with van der Waals surface area (Å²) >= 11 is 6.33. The van der Waals surface area contributed by atoms with Gasteiger partial charge in [-0.15, -0.1) is 0 Å². The van der Waals surface area contributed by atoms with E-state index in [0.717, 1.165) is 12.0 Å². The Morgan fingerprint density at radius 3 is 2.67 bits per heavy atom. The molecule has 1 atom stereocenters. The predicted molar refractivity (Wildman–Crippen MR) is 112 cm³/mol. The van der Waals surface area contributed by atoms with Gasteiger partial charge in [-0.25, -0.2) is 0 Å². The SMILES string of the molecule is CC(C)[C@H](NC(=O)c1cc(Cl)c2c(c1)OCCCO2)c1nc(-c2ccccc2)no1. The second kappa shape index (κ2) is 8.75. The molecule has 4 rings (SSSR count). The Hall–Kier alpha value is -3.06. The first kappa shape index (κ1) is 20.2. The molecule has 0 radical (unpaired) electrons. The van der Waals surface area contributed by atoms with Crippen LogP contribution in [0.4, 0.5) is 0 Å². The van der Waals surface area contributed by atoms with Crippen molar-refractivity contribution in [1.29, 1.82) is 0 Å². The lowest BCUT2D eigenvalue weighted by Gasteiger charge is -2.19. The number of amides is 1. The Labute approximate surface area is 179 Å². The summed E-state index contributed by atoms with van der Waals surface area (Å²) < 4.78 is 16.8. The Kier molecular flexibility index (Phi) is 5.90. The molecule has 0 unspecified atom stereocenters. The molecule has 0 spiro atoms. The summed E-state index contributed by atoms with van der Waals surface area (Å²) in [5, 5.41) is 7.37. The number of nitrogens with zero attached hydrogens (tertiary/aromatic N) is 2. The van der Waals surface area contributed by atoms with E-state index in [1.807, 2.05) is 44.2 Å². The van der Waals surface area contributed by atoms with Crippen LogP contribution in [0, 0.1) is 5.92 Å². The average molecular weight is 428 g/mol. The zero-order valence-electron chi connectivity index (χ0n) is 16.7. The lowest BCUT2D eigenvalue weighted by atomic mass is 10.0. The van der Waals surface area contributed by atoms with Crippen molar-refractivity contribution in [2.24, 2.45) is 5.92 Å². The van der Waals surface area contributed by atoms with Gasteiger partial charge in [-0.05, 0) is 18.1 Å². The van der Waals surface area contributed by atoms with E-state index in [0.29, 0.717) is 47.0 Å². The van der Waals surface area contributed by atoms with Crippen LogP contribution >= 0.6 is 11.6 Å². The smallest absolute Gasteiger partial charge is 0.252 e. The fourth-order valence-corrected chi connectivity index (χ4v) is 3.43. The molecule has 3 aromatic rings. The molecule has 2 aromatic carbocycles. The zero-order valence-corrected chi connectivity index (χ0v) is 17.5. The zero-order chi connectivity index (χ0) is 21.1. The molecule has 1 aliphatic rings. The number of ether oxygens (including phenoxy) is 2. The molecule has 7 nitrogen and oxygen atoms in total. The van der Waals surface area contributed by atoms with Gasteiger partial charge in [0.1, 0.15) is 6.04 Å². The van der Waals surface area contributed by atoms with E-state index in [2.05, 4.69) is 15.5 Å². The van der Waals surface area contributed by atoms with E-state index in [4.69, 9.17) is 25.6 Å². The fraction of sp³-hybridized carbons (Fsp3) is 0.318.